The second-order valence-corrected chi connectivity index (χ2v) is 3.89. The first kappa shape index (κ1) is 8.31. The molecule has 0 atom stereocenters. The number of rotatable bonds is 1. The lowest BCUT2D eigenvalue weighted by Crippen LogP contribution is -1.89. The fourth-order valence-electron chi connectivity index (χ4n) is 1.48. The van der Waals surface area contributed by atoms with E-state index in [9.17, 15) is 8.42 Å². The maximum atomic E-state index is 10.9. The minimum Gasteiger partial charge on any atom is -0.350 e. The Morgan fingerprint density at radius 3 is 2.69 bits per heavy atom. The Morgan fingerprint density at radius 2 is 2.00 bits per heavy atom. The summed E-state index contributed by atoms with van der Waals surface area (Å²) in [4.78, 5) is 0.389. The number of thiol groups is 1. The van der Waals surface area contributed by atoms with Crippen LogP contribution in [0.4, 0.5) is 0 Å². The van der Waals surface area contributed by atoms with Gasteiger partial charge in [0.15, 0.2) is 10.7 Å². The average molecular weight is 195 g/mol. The summed E-state index contributed by atoms with van der Waals surface area (Å²) < 4.78 is 23.6. The number of fused-ring (bicyclic) bond motifs is 1. The summed E-state index contributed by atoms with van der Waals surface area (Å²) in [5, 5.41) is 0.958. The normalized spacial score (nSPS) is 11.2. The van der Waals surface area contributed by atoms with Crippen molar-refractivity contribution in [3.8, 4) is 0 Å². The van der Waals surface area contributed by atoms with Gasteiger partial charge in [0, 0.05) is 18.6 Å². The third-order valence-corrected chi connectivity index (χ3v) is 2.83. The molecule has 3 nitrogen and oxygen atoms in total. The van der Waals surface area contributed by atoms with Gasteiger partial charge >= 0.3 is 0 Å². The molecule has 0 N–H and O–H groups in total. The number of aryl methyl sites for hydroxylation is 1. The van der Waals surface area contributed by atoms with E-state index in [0.717, 1.165) is 10.9 Å². The number of hydrogen-bond acceptors (Lipinski definition) is 2. The minimum atomic E-state index is -2.51. The molecule has 2 aromatic rings. The Labute approximate surface area is 77.6 Å². The number of hydrogen-bond donors (Lipinski definition) is 1. The van der Waals surface area contributed by atoms with Gasteiger partial charge in [-0.1, -0.05) is 12.1 Å². The van der Waals surface area contributed by atoms with Crippen LogP contribution in [0.2, 0.25) is 0 Å². The molecule has 0 aliphatic heterocycles. The van der Waals surface area contributed by atoms with Crippen LogP contribution in [-0.4, -0.2) is 13.0 Å². The van der Waals surface area contributed by atoms with Crippen LogP contribution in [0.25, 0.3) is 10.9 Å². The zero-order valence-corrected chi connectivity index (χ0v) is 7.99. The first-order chi connectivity index (χ1) is 6.20. The highest BCUT2D eigenvalue weighted by Crippen LogP contribution is 2.19. The van der Waals surface area contributed by atoms with Crippen molar-refractivity contribution in [1.29, 1.82) is 0 Å². The summed E-state index contributed by atoms with van der Waals surface area (Å²) in [6.07, 6.45) is 1.85. The Hall–Kier alpha value is -1.29. The standard InChI is InChI=1S/C9H9NO2S/c1-10-6-5-7-3-2-4-8(9(7)10)13(11)12/h2-6,13H,1H3. The highest BCUT2D eigenvalue weighted by atomic mass is 32.2. The van der Waals surface area contributed by atoms with Gasteiger partial charge in [0.25, 0.3) is 0 Å². The van der Waals surface area contributed by atoms with Crippen molar-refractivity contribution in [3.05, 3.63) is 30.5 Å². The second kappa shape index (κ2) is 2.88. The van der Waals surface area contributed by atoms with Gasteiger partial charge in [0.1, 0.15) is 0 Å². The zero-order valence-electron chi connectivity index (χ0n) is 7.10. The number of nitrogens with zero attached hydrogens (tertiary/aromatic N) is 1. The Kier molecular flexibility index (Phi) is 1.84. The van der Waals surface area contributed by atoms with Gasteiger partial charge in [-0.25, -0.2) is 8.42 Å². The second-order valence-electron chi connectivity index (χ2n) is 2.90. The first-order valence-electron chi connectivity index (χ1n) is 3.88. The summed E-state index contributed by atoms with van der Waals surface area (Å²) in [7, 11) is -0.669. The fourth-order valence-corrected chi connectivity index (χ4v) is 2.15. The molecular formula is C9H9NO2S. The first-order valence-corrected chi connectivity index (χ1v) is 5.06. The lowest BCUT2D eigenvalue weighted by molar-refractivity contribution is 0.615. The van der Waals surface area contributed by atoms with E-state index in [-0.39, 0.29) is 0 Å². The molecule has 1 heterocycles. The molecule has 0 unspecified atom stereocenters. The predicted octanol–water partition coefficient (Wildman–Crippen LogP) is 1.15. The molecule has 1 aromatic heterocycles. The van der Waals surface area contributed by atoms with Gasteiger partial charge < -0.3 is 4.57 Å². The van der Waals surface area contributed by atoms with Crippen LogP contribution in [-0.2, 0) is 17.8 Å². The van der Waals surface area contributed by atoms with Crippen LogP contribution in [0, 0.1) is 0 Å². The molecule has 0 saturated heterocycles. The summed E-state index contributed by atoms with van der Waals surface area (Å²) in [5.74, 6) is 0. The largest absolute Gasteiger partial charge is 0.350 e. The van der Waals surface area contributed by atoms with E-state index < -0.39 is 10.7 Å². The SMILES string of the molecule is Cn1ccc2cccc([SH](=O)=O)c21. The van der Waals surface area contributed by atoms with Gasteiger partial charge in [-0.05, 0) is 12.1 Å². The van der Waals surface area contributed by atoms with Crippen LogP contribution in [0.5, 0.6) is 0 Å². The van der Waals surface area contributed by atoms with Crippen LogP contribution in [0.3, 0.4) is 0 Å². The molecule has 0 aliphatic carbocycles. The third-order valence-electron chi connectivity index (χ3n) is 2.07. The summed E-state index contributed by atoms with van der Waals surface area (Å²) >= 11 is 0. The quantitative estimate of drug-likeness (QED) is 0.693. The molecule has 68 valence electrons. The molecule has 0 fully saturated rings. The van der Waals surface area contributed by atoms with Gasteiger partial charge in [-0.3, -0.25) is 0 Å². The van der Waals surface area contributed by atoms with E-state index in [1.807, 2.05) is 29.9 Å². The number of para-hydroxylation sites is 1. The Balaban J connectivity index is 2.96. The maximum Gasteiger partial charge on any atom is 0.170 e. The monoisotopic (exact) mass is 195 g/mol. The third kappa shape index (κ3) is 1.23. The molecule has 0 radical (unpaired) electrons. The molecule has 0 saturated carbocycles. The topological polar surface area (TPSA) is 39.1 Å². The van der Waals surface area contributed by atoms with E-state index in [2.05, 4.69) is 0 Å². The van der Waals surface area contributed by atoms with Crippen LogP contribution >= 0.6 is 0 Å². The highest BCUT2D eigenvalue weighted by Gasteiger charge is 2.05. The van der Waals surface area contributed by atoms with Gasteiger partial charge in [0.2, 0.25) is 0 Å². The van der Waals surface area contributed by atoms with Gasteiger partial charge in [-0.2, -0.15) is 0 Å². The van der Waals surface area contributed by atoms with E-state index in [1.54, 1.807) is 12.1 Å². The van der Waals surface area contributed by atoms with Crippen LogP contribution in [0.15, 0.2) is 35.4 Å². The molecule has 1 aromatic carbocycles. The zero-order chi connectivity index (χ0) is 9.42. The van der Waals surface area contributed by atoms with Gasteiger partial charge in [0.05, 0.1) is 10.4 Å². The van der Waals surface area contributed by atoms with Crippen LogP contribution in [0.1, 0.15) is 0 Å². The summed E-state index contributed by atoms with van der Waals surface area (Å²) in [6.45, 7) is 0. The van der Waals surface area contributed by atoms with Crippen molar-refractivity contribution >= 4 is 21.6 Å². The van der Waals surface area contributed by atoms with Crippen molar-refractivity contribution < 1.29 is 8.42 Å². The molecule has 2 rings (SSSR count). The van der Waals surface area contributed by atoms with Crippen molar-refractivity contribution in [3.63, 3.8) is 0 Å². The maximum absolute atomic E-state index is 10.9. The van der Waals surface area contributed by atoms with Crippen molar-refractivity contribution in [2.75, 3.05) is 0 Å². The summed E-state index contributed by atoms with van der Waals surface area (Å²) in [6, 6.07) is 7.17. The Morgan fingerprint density at radius 1 is 1.23 bits per heavy atom. The molecule has 0 bridgehead atoms. The van der Waals surface area contributed by atoms with E-state index in [0.29, 0.717) is 4.90 Å². The molecule has 0 spiro atoms. The molecule has 13 heavy (non-hydrogen) atoms. The molecular weight excluding hydrogens is 186 g/mol. The molecule has 4 heteroatoms. The summed E-state index contributed by atoms with van der Waals surface area (Å²) in [5.41, 5.74) is 0.776. The Bertz CT molecular complexity index is 517. The number of aromatic nitrogens is 1. The van der Waals surface area contributed by atoms with Crippen LogP contribution < -0.4 is 0 Å². The van der Waals surface area contributed by atoms with E-state index in [1.165, 1.54) is 0 Å². The minimum absolute atomic E-state index is 0.389. The lowest BCUT2D eigenvalue weighted by Gasteiger charge is -1.98. The van der Waals surface area contributed by atoms with Crippen molar-refractivity contribution in [2.24, 2.45) is 7.05 Å². The van der Waals surface area contributed by atoms with Crippen molar-refractivity contribution in [2.45, 2.75) is 4.90 Å². The smallest absolute Gasteiger partial charge is 0.170 e. The molecule has 0 aliphatic rings. The number of benzene rings is 1. The molecule has 0 amide bonds. The average Bonchev–Trinajstić information content (AvgIpc) is 2.48. The van der Waals surface area contributed by atoms with Gasteiger partial charge in [-0.15, -0.1) is 0 Å². The van der Waals surface area contributed by atoms with E-state index in [4.69, 9.17) is 0 Å². The lowest BCUT2D eigenvalue weighted by atomic mass is 10.2. The predicted molar refractivity (Wildman–Crippen MR) is 51.5 cm³/mol. The highest BCUT2D eigenvalue weighted by molar-refractivity contribution is 7.72. The van der Waals surface area contributed by atoms with Crippen molar-refractivity contribution in [1.82, 2.24) is 4.57 Å². The van der Waals surface area contributed by atoms with E-state index >= 15 is 0 Å². The fraction of sp³-hybridized carbons (Fsp3) is 0.111.